The van der Waals surface area contributed by atoms with Crippen LogP contribution in [0.4, 0.5) is 0 Å². The van der Waals surface area contributed by atoms with Gasteiger partial charge >= 0.3 is 79.3 Å². The number of rotatable bonds is 0. The Hall–Kier alpha value is 2.41. The van der Waals surface area contributed by atoms with Gasteiger partial charge in [0.2, 0.25) is 0 Å². The van der Waals surface area contributed by atoms with Gasteiger partial charge in [-0.1, -0.05) is 0 Å². The van der Waals surface area contributed by atoms with Crippen molar-refractivity contribution in [1.82, 2.24) is 0 Å². The van der Waals surface area contributed by atoms with Crippen LogP contribution < -0.4 is 0 Å². The first-order chi connectivity index (χ1) is 2.00. The first-order valence-corrected chi connectivity index (χ1v) is 2.10. The van der Waals surface area contributed by atoms with Gasteiger partial charge in [-0.25, -0.2) is 0 Å². The fourth-order valence-electron chi connectivity index (χ4n) is 0. The summed E-state index contributed by atoms with van der Waals surface area (Å²) < 4.78 is 31.6. The molecule has 0 aromatic carbocycles. The molecule has 0 radical (unpaired) electrons. The summed E-state index contributed by atoms with van der Waals surface area (Å²) in [7, 11) is -4.67. The van der Waals surface area contributed by atoms with Crippen molar-refractivity contribution in [3.63, 3.8) is 0 Å². The molecule has 4 N–H and O–H groups in total. The predicted molar refractivity (Wildman–Crippen MR) is 34.9 cm³/mol. The SMILES string of the molecule is O.O=S(=O)(O)O.[AlH3].[CsH]. The first-order valence-electron chi connectivity index (χ1n) is 0.698. The molecule has 0 aliphatic rings. The average Bonchev–Trinajstić information content (AvgIpc) is 0.722. The molecule has 8 heteroatoms. The van der Waals surface area contributed by atoms with Gasteiger partial charge in [0, 0.05) is 0 Å². The molecular weight excluding hydrogens is 272 g/mol. The van der Waals surface area contributed by atoms with Crippen molar-refractivity contribution >= 4 is 96.7 Å². The molecule has 8 heavy (non-hydrogen) atoms. The number of hydrogen-bond donors (Lipinski definition) is 2. The van der Waals surface area contributed by atoms with Gasteiger partial charge in [0.25, 0.3) is 0 Å². The Morgan fingerprint density at radius 2 is 1.12 bits per heavy atom. The van der Waals surface area contributed by atoms with E-state index in [1.165, 1.54) is 0 Å². The summed E-state index contributed by atoms with van der Waals surface area (Å²) in [6, 6.07) is 0. The second-order valence-electron chi connectivity index (χ2n) is 0.448. The molecule has 0 amide bonds. The van der Waals surface area contributed by atoms with Crippen LogP contribution in [0.1, 0.15) is 0 Å². The molecule has 0 saturated heterocycles. The molecular formula is H8AlCsO5S. The second-order valence-corrected chi connectivity index (χ2v) is 1.34. The zero-order valence-corrected chi connectivity index (χ0v) is 3.44. The third-order valence-electron chi connectivity index (χ3n) is 0. The summed E-state index contributed by atoms with van der Waals surface area (Å²) >= 11 is 0. The Kier molecular flexibility index (Phi) is 26.4. The van der Waals surface area contributed by atoms with Crippen molar-refractivity contribution in [1.29, 1.82) is 0 Å². The normalized spacial score (nSPS) is 7.25. The van der Waals surface area contributed by atoms with E-state index in [4.69, 9.17) is 17.5 Å². The first kappa shape index (κ1) is 22.4. The van der Waals surface area contributed by atoms with Gasteiger partial charge in [-0.2, -0.15) is 8.42 Å². The van der Waals surface area contributed by atoms with Crippen LogP contribution in [0.25, 0.3) is 0 Å². The van der Waals surface area contributed by atoms with Crippen LogP contribution in [0.3, 0.4) is 0 Å². The Balaban J connectivity index is -0.0000000267. The van der Waals surface area contributed by atoms with Crippen molar-refractivity contribution in [2.24, 2.45) is 0 Å². The number of hydrogen-bond acceptors (Lipinski definition) is 2. The predicted octanol–water partition coefficient (Wildman–Crippen LogP) is -3.31. The summed E-state index contributed by atoms with van der Waals surface area (Å²) in [4.78, 5) is 0. The Bertz CT molecular complexity index is 95.6. The van der Waals surface area contributed by atoms with Crippen molar-refractivity contribution < 1.29 is 23.0 Å². The molecule has 0 spiro atoms. The fourth-order valence-corrected chi connectivity index (χ4v) is 0. The van der Waals surface area contributed by atoms with Crippen LogP contribution in [0, 0.1) is 0 Å². The van der Waals surface area contributed by atoms with E-state index in [1.54, 1.807) is 0 Å². The minimum atomic E-state index is -4.67. The molecule has 0 fully saturated rings. The molecule has 0 aliphatic heterocycles. The molecule has 0 rings (SSSR count). The minimum absolute atomic E-state index is 0. The summed E-state index contributed by atoms with van der Waals surface area (Å²) in [5.74, 6) is 0. The second kappa shape index (κ2) is 9.41. The Morgan fingerprint density at radius 1 is 1.12 bits per heavy atom. The molecule has 0 heterocycles. The van der Waals surface area contributed by atoms with Gasteiger partial charge in [0.05, 0.1) is 0 Å². The molecule has 0 aromatic rings. The molecule has 0 saturated carbocycles. The molecule has 0 unspecified atom stereocenters. The van der Waals surface area contributed by atoms with Gasteiger partial charge < -0.3 is 5.48 Å². The summed E-state index contributed by atoms with van der Waals surface area (Å²) in [6.07, 6.45) is 0. The van der Waals surface area contributed by atoms with E-state index < -0.39 is 10.4 Å². The van der Waals surface area contributed by atoms with Crippen LogP contribution >= 0.6 is 0 Å². The molecule has 48 valence electrons. The quantitative estimate of drug-likeness (QED) is 0.358. The van der Waals surface area contributed by atoms with E-state index in [2.05, 4.69) is 0 Å². The Labute approximate surface area is 117 Å². The van der Waals surface area contributed by atoms with Crippen molar-refractivity contribution in [2.45, 2.75) is 0 Å². The average molecular weight is 280 g/mol. The van der Waals surface area contributed by atoms with E-state index in [-0.39, 0.29) is 91.7 Å². The fraction of sp³-hybridized carbons (Fsp3) is 0. The summed E-state index contributed by atoms with van der Waals surface area (Å²) in [5, 5.41) is 0. The zero-order valence-electron chi connectivity index (χ0n) is 2.62. The van der Waals surface area contributed by atoms with E-state index >= 15 is 0 Å². The van der Waals surface area contributed by atoms with Crippen molar-refractivity contribution in [2.75, 3.05) is 0 Å². The Morgan fingerprint density at radius 3 is 1.12 bits per heavy atom. The van der Waals surface area contributed by atoms with E-state index in [9.17, 15) is 0 Å². The molecule has 0 aliphatic carbocycles. The monoisotopic (exact) mass is 280 g/mol. The van der Waals surface area contributed by atoms with Gasteiger partial charge in [0.15, 0.2) is 17.4 Å². The van der Waals surface area contributed by atoms with Gasteiger partial charge in [-0.3, -0.25) is 9.11 Å². The molecule has 0 aromatic heterocycles. The van der Waals surface area contributed by atoms with E-state index in [0.29, 0.717) is 0 Å². The third kappa shape index (κ3) is 79.4. The maximum atomic E-state index is 8.74. The molecule has 0 bridgehead atoms. The standard InChI is InChI=1S/Al.Cs.H2O4S.H2O.4H/c;;1-5(2,3)4;;;;;/h;;(H2,1,2,3,4);1H2;;;;. The van der Waals surface area contributed by atoms with E-state index in [0.717, 1.165) is 0 Å². The van der Waals surface area contributed by atoms with Crippen molar-refractivity contribution in [3.05, 3.63) is 0 Å². The summed E-state index contributed by atoms with van der Waals surface area (Å²) in [5.41, 5.74) is 0. The van der Waals surface area contributed by atoms with Crippen LogP contribution in [-0.2, 0) is 10.4 Å². The molecule has 0 atom stereocenters. The maximum absolute atomic E-state index is 8.74. The topological polar surface area (TPSA) is 106 Å². The van der Waals surface area contributed by atoms with Gasteiger partial charge in [0.1, 0.15) is 0 Å². The third-order valence-corrected chi connectivity index (χ3v) is 0. The van der Waals surface area contributed by atoms with Crippen LogP contribution in [-0.4, -0.2) is 109 Å². The van der Waals surface area contributed by atoms with Gasteiger partial charge in [-0.05, 0) is 0 Å². The van der Waals surface area contributed by atoms with Crippen LogP contribution in [0.5, 0.6) is 0 Å². The van der Waals surface area contributed by atoms with Crippen LogP contribution in [0.15, 0.2) is 0 Å². The van der Waals surface area contributed by atoms with Crippen molar-refractivity contribution in [3.8, 4) is 0 Å². The zero-order chi connectivity index (χ0) is 4.50. The van der Waals surface area contributed by atoms with Crippen LogP contribution in [0.2, 0.25) is 0 Å². The van der Waals surface area contributed by atoms with Gasteiger partial charge in [-0.15, -0.1) is 0 Å². The van der Waals surface area contributed by atoms with E-state index in [1.807, 2.05) is 0 Å². The molecule has 5 nitrogen and oxygen atoms in total. The summed E-state index contributed by atoms with van der Waals surface area (Å²) in [6.45, 7) is 0.